The summed E-state index contributed by atoms with van der Waals surface area (Å²) in [5.74, 6) is -0.170. The zero-order chi connectivity index (χ0) is 14.6. The van der Waals surface area contributed by atoms with Gasteiger partial charge in [-0.2, -0.15) is 0 Å². The van der Waals surface area contributed by atoms with Crippen LogP contribution in [0.2, 0.25) is 0 Å². The summed E-state index contributed by atoms with van der Waals surface area (Å²) < 4.78 is 36.1. The number of hydrogen-bond acceptors (Lipinski definition) is 7. The lowest BCUT2D eigenvalue weighted by atomic mass is 10.2. The second-order valence-corrected chi connectivity index (χ2v) is 5.97. The lowest BCUT2D eigenvalue weighted by Gasteiger charge is -2.12. The van der Waals surface area contributed by atoms with E-state index in [0.29, 0.717) is 26.2 Å². The maximum absolute atomic E-state index is 11.7. The molecule has 0 fully saturated rings. The molecule has 0 amide bonds. The number of methoxy groups -OCH3 is 1. The maximum atomic E-state index is 11.7. The van der Waals surface area contributed by atoms with Gasteiger partial charge < -0.3 is 23.3 Å². The number of Topliss-reactive ketones (excluding diaryl/α,β-unsaturated/α-hetero) is 1. The zero-order valence-electron chi connectivity index (χ0n) is 11.8. The van der Waals surface area contributed by atoms with E-state index in [1.54, 1.807) is 7.11 Å². The summed E-state index contributed by atoms with van der Waals surface area (Å²) in [4.78, 5) is 11.5. The van der Waals surface area contributed by atoms with Gasteiger partial charge in [-0.15, -0.1) is 0 Å². The summed E-state index contributed by atoms with van der Waals surface area (Å²) in [5, 5.41) is 0. The molecule has 0 aromatic carbocycles. The van der Waals surface area contributed by atoms with Crippen molar-refractivity contribution in [2.75, 3.05) is 54.1 Å². The van der Waals surface area contributed by atoms with E-state index in [9.17, 15) is 9.36 Å². The summed E-state index contributed by atoms with van der Waals surface area (Å²) in [6.07, 6.45) is 0.610. The summed E-state index contributed by atoms with van der Waals surface area (Å²) in [5.41, 5.74) is 0. The van der Waals surface area contributed by atoms with Crippen LogP contribution in [0.4, 0.5) is 0 Å². The van der Waals surface area contributed by atoms with Gasteiger partial charge in [-0.05, 0) is 6.42 Å². The van der Waals surface area contributed by atoms with Crippen LogP contribution in [0.15, 0.2) is 0 Å². The molecule has 0 aromatic heterocycles. The number of hydrogen-bond donors (Lipinski definition) is 0. The van der Waals surface area contributed by atoms with Crippen LogP contribution in [0.3, 0.4) is 0 Å². The van der Waals surface area contributed by atoms with Gasteiger partial charge in [0.1, 0.15) is 18.7 Å². The molecular formula is C11H23O7P. The number of carbonyl (C=O) groups is 1. The average molecular weight is 298 g/mol. The molecule has 0 saturated carbocycles. The fraction of sp³-hybridized carbons (Fsp3) is 0.909. The molecule has 0 spiro atoms. The van der Waals surface area contributed by atoms with Crippen molar-refractivity contribution >= 4 is 13.4 Å². The first kappa shape index (κ1) is 18.7. The molecule has 0 heterocycles. The van der Waals surface area contributed by atoms with Gasteiger partial charge in [0.2, 0.25) is 0 Å². The predicted octanol–water partition coefficient (Wildman–Crippen LogP) is 1.46. The van der Waals surface area contributed by atoms with Gasteiger partial charge >= 0.3 is 7.60 Å². The molecule has 0 aromatic rings. The van der Waals surface area contributed by atoms with Crippen molar-refractivity contribution in [2.45, 2.75) is 12.8 Å². The second kappa shape index (κ2) is 11.5. The molecule has 114 valence electrons. The molecule has 8 heteroatoms. The smallest absolute Gasteiger partial charge is 0.337 e. The highest BCUT2D eigenvalue weighted by molar-refractivity contribution is 7.54. The highest BCUT2D eigenvalue weighted by Crippen LogP contribution is 2.46. The highest BCUT2D eigenvalue weighted by Gasteiger charge is 2.24. The van der Waals surface area contributed by atoms with E-state index in [1.165, 1.54) is 14.2 Å². The normalized spacial score (nSPS) is 11.7. The molecule has 0 saturated heterocycles. The van der Waals surface area contributed by atoms with E-state index in [2.05, 4.69) is 9.05 Å². The number of ketones is 1. The van der Waals surface area contributed by atoms with Crippen LogP contribution >= 0.6 is 7.60 Å². The third-order valence-corrected chi connectivity index (χ3v) is 4.12. The summed E-state index contributed by atoms with van der Waals surface area (Å²) in [6, 6.07) is 0. The Morgan fingerprint density at radius 2 is 1.63 bits per heavy atom. The van der Waals surface area contributed by atoms with Crippen molar-refractivity contribution in [3.05, 3.63) is 0 Å². The van der Waals surface area contributed by atoms with Crippen molar-refractivity contribution in [1.82, 2.24) is 0 Å². The van der Waals surface area contributed by atoms with E-state index in [1.807, 2.05) is 0 Å². The van der Waals surface area contributed by atoms with Gasteiger partial charge in [0.25, 0.3) is 0 Å². The molecule has 7 nitrogen and oxygen atoms in total. The Hall–Kier alpha value is -0.300. The highest BCUT2D eigenvalue weighted by atomic mass is 31.2. The van der Waals surface area contributed by atoms with E-state index in [4.69, 9.17) is 14.2 Å². The second-order valence-electron chi connectivity index (χ2n) is 3.70. The molecule has 0 aliphatic heterocycles. The predicted molar refractivity (Wildman–Crippen MR) is 69.4 cm³/mol. The van der Waals surface area contributed by atoms with Gasteiger partial charge in [0, 0.05) is 34.4 Å². The van der Waals surface area contributed by atoms with E-state index in [0.717, 1.165) is 0 Å². The summed E-state index contributed by atoms with van der Waals surface area (Å²) in [7, 11) is 0.875. The van der Waals surface area contributed by atoms with Crippen LogP contribution < -0.4 is 0 Å². The Balaban J connectivity index is 3.51. The number of rotatable bonds is 13. The third-order valence-electron chi connectivity index (χ3n) is 2.27. The molecule has 0 unspecified atom stereocenters. The molecular weight excluding hydrogens is 275 g/mol. The Labute approximate surface area is 114 Å². The topological polar surface area (TPSA) is 80.3 Å². The molecule has 19 heavy (non-hydrogen) atoms. The molecule has 0 aliphatic rings. The molecule has 0 rings (SSSR count). The fourth-order valence-corrected chi connectivity index (χ4v) is 2.19. The van der Waals surface area contributed by atoms with Crippen molar-refractivity contribution in [2.24, 2.45) is 0 Å². The van der Waals surface area contributed by atoms with Gasteiger partial charge in [-0.25, -0.2) is 0 Å². The van der Waals surface area contributed by atoms with Crippen LogP contribution in [0.25, 0.3) is 0 Å². The van der Waals surface area contributed by atoms with Crippen molar-refractivity contribution in [1.29, 1.82) is 0 Å². The minimum Gasteiger partial charge on any atom is -0.382 e. The maximum Gasteiger partial charge on any atom is 0.337 e. The monoisotopic (exact) mass is 298 g/mol. The van der Waals surface area contributed by atoms with E-state index in [-0.39, 0.29) is 25.2 Å². The first-order valence-electron chi connectivity index (χ1n) is 5.94. The molecule has 0 bridgehead atoms. The SMILES string of the molecule is COCCOCOCCCC(=O)CP(=O)(OC)OC. The minimum absolute atomic E-state index is 0.170. The molecule has 0 atom stereocenters. The standard InChI is InChI=1S/C11H23O7P/c1-14-7-8-18-10-17-6-4-5-11(12)9-19(13,15-2)16-3/h4-10H2,1-3H3. The first-order valence-corrected chi connectivity index (χ1v) is 7.67. The van der Waals surface area contributed by atoms with Crippen LogP contribution in [-0.4, -0.2) is 59.9 Å². The average Bonchev–Trinajstić information content (AvgIpc) is 2.41. The van der Waals surface area contributed by atoms with Crippen LogP contribution in [0.5, 0.6) is 0 Å². The Morgan fingerprint density at radius 3 is 2.21 bits per heavy atom. The van der Waals surface area contributed by atoms with Crippen LogP contribution in [0, 0.1) is 0 Å². The van der Waals surface area contributed by atoms with Crippen molar-refractivity contribution in [3.63, 3.8) is 0 Å². The van der Waals surface area contributed by atoms with E-state index < -0.39 is 7.60 Å². The third kappa shape index (κ3) is 10.2. The van der Waals surface area contributed by atoms with Gasteiger partial charge in [-0.3, -0.25) is 9.36 Å². The molecule has 0 radical (unpaired) electrons. The Kier molecular flexibility index (Phi) is 11.3. The van der Waals surface area contributed by atoms with Crippen LogP contribution in [-0.2, 0) is 32.6 Å². The molecule has 0 aliphatic carbocycles. The van der Waals surface area contributed by atoms with Gasteiger partial charge in [-0.1, -0.05) is 0 Å². The van der Waals surface area contributed by atoms with Crippen LogP contribution in [0.1, 0.15) is 12.8 Å². The first-order chi connectivity index (χ1) is 9.08. The van der Waals surface area contributed by atoms with Gasteiger partial charge in [0.15, 0.2) is 0 Å². The zero-order valence-corrected chi connectivity index (χ0v) is 12.6. The fourth-order valence-electron chi connectivity index (χ4n) is 1.19. The van der Waals surface area contributed by atoms with Crippen molar-refractivity contribution < 1.29 is 32.6 Å². The molecule has 0 N–H and O–H groups in total. The quantitative estimate of drug-likeness (QED) is 0.289. The van der Waals surface area contributed by atoms with Gasteiger partial charge in [0.05, 0.1) is 13.2 Å². The summed E-state index contributed by atoms with van der Waals surface area (Å²) >= 11 is 0. The minimum atomic E-state index is -3.24. The van der Waals surface area contributed by atoms with Crippen molar-refractivity contribution in [3.8, 4) is 0 Å². The largest absolute Gasteiger partial charge is 0.382 e. The lowest BCUT2D eigenvalue weighted by Crippen LogP contribution is -2.10. The summed E-state index contributed by atoms with van der Waals surface area (Å²) in [6.45, 7) is 1.57. The lowest BCUT2D eigenvalue weighted by molar-refractivity contribution is -0.117. The Morgan fingerprint density at radius 1 is 1.00 bits per heavy atom. The number of ether oxygens (including phenoxy) is 3. The van der Waals surface area contributed by atoms with E-state index >= 15 is 0 Å². The number of carbonyl (C=O) groups excluding carboxylic acids is 1. The Bertz CT molecular complexity index is 274.